The molecule has 3 aromatic carbocycles. The van der Waals surface area contributed by atoms with Crippen molar-refractivity contribution in [1.82, 2.24) is 0 Å². The Bertz CT molecular complexity index is 1150. The van der Waals surface area contributed by atoms with Gasteiger partial charge in [0.1, 0.15) is 17.4 Å². The number of nitrogens with zero attached hydrogens (tertiary/aromatic N) is 1. The fourth-order valence-electron chi connectivity index (χ4n) is 3.08. The van der Waals surface area contributed by atoms with Gasteiger partial charge in [0.05, 0.1) is 7.11 Å². The van der Waals surface area contributed by atoms with Crippen LogP contribution in [0.4, 0.5) is 5.69 Å². The SMILES string of the molecule is COc1cc(/C=C(\C#N)C(=O)Nc2cccc(C)c2)ccc1Cc1ccccc1Br. The average molecular weight is 461 g/mol. The van der Waals surface area contributed by atoms with Gasteiger partial charge in [0.15, 0.2) is 0 Å². The van der Waals surface area contributed by atoms with Crippen molar-refractivity contribution in [1.29, 1.82) is 5.26 Å². The molecule has 0 radical (unpaired) electrons. The van der Waals surface area contributed by atoms with Gasteiger partial charge in [0.2, 0.25) is 0 Å². The van der Waals surface area contributed by atoms with Crippen LogP contribution in [0.5, 0.6) is 5.75 Å². The van der Waals surface area contributed by atoms with Gasteiger partial charge in [0, 0.05) is 16.6 Å². The summed E-state index contributed by atoms with van der Waals surface area (Å²) >= 11 is 3.57. The van der Waals surface area contributed by atoms with Gasteiger partial charge in [0.25, 0.3) is 5.91 Å². The number of nitriles is 1. The summed E-state index contributed by atoms with van der Waals surface area (Å²) in [6.07, 6.45) is 2.27. The fourth-order valence-corrected chi connectivity index (χ4v) is 3.51. The highest BCUT2D eigenvalue weighted by Gasteiger charge is 2.12. The van der Waals surface area contributed by atoms with Crippen LogP contribution in [-0.4, -0.2) is 13.0 Å². The van der Waals surface area contributed by atoms with E-state index in [-0.39, 0.29) is 5.57 Å². The predicted molar refractivity (Wildman–Crippen MR) is 123 cm³/mol. The summed E-state index contributed by atoms with van der Waals surface area (Å²) in [6.45, 7) is 1.94. The van der Waals surface area contributed by atoms with E-state index in [1.165, 1.54) is 0 Å². The molecule has 0 aliphatic carbocycles. The zero-order chi connectivity index (χ0) is 21.5. The molecule has 0 unspecified atom stereocenters. The van der Waals surface area contributed by atoms with Crippen LogP contribution in [0.25, 0.3) is 6.08 Å². The molecule has 0 aliphatic rings. The maximum atomic E-state index is 12.5. The van der Waals surface area contributed by atoms with Crippen molar-refractivity contribution in [2.75, 3.05) is 12.4 Å². The number of ether oxygens (including phenoxy) is 1. The first-order chi connectivity index (χ1) is 14.5. The largest absolute Gasteiger partial charge is 0.496 e. The minimum atomic E-state index is -0.445. The highest BCUT2D eigenvalue weighted by atomic mass is 79.9. The molecule has 3 rings (SSSR count). The summed E-state index contributed by atoms with van der Waals surface area (Å²) in [4.78, 5) is 12.5. The Morgan fingerprint density at radius 3 is 2.60 bits per heavy atom. The van der Waals surface area contributed by atoms with Gasteiger partial charge in [-0.25, -0.2) is 0 Å². The molecule has 0 saturated carbocycles. The van der Waals surface area contributed by atoms with Crippen molar-refractivity contribution in [3.05, 3.63) is 99.0 Å². The Hall–Kier alpha value is -3.36. The van der Waals surface area contributed by atoms with Crippen molar-refractivity contribution in [3.63, 3.8) is 0 Å². The smallest absolute Gasteiger partial charge is 0.266 e. The van der Waals surface area contributed by atoms with E-state index >= 15 is 0 Å². The Kier molecular flexibility index (Phi) is 7.05. The lowest BCUT2D eigenvalue weighted by Crippen LogP contribution is -2.13. The number of amides is 1. The Morgan fingerprint density at radius 2 is 1.90 bits per heavy atom. The third-order valence-corrected chi connectivity index (χ3v) is 5.38. The predicted octanol–water partition coefficient (Wildman–Crippen LogP) is 5.90. The number of hydrogen-bond donors (Lipinski definition) is 1. The molecule has 3 aromatic rings. The number of anilines is 1. The van der Waals surface area contributed by atoms with Crippen LogP contribution in [0.1, 0.15) is 22.3 Å². The number of hydrogen-bond acceptors (Lipinski definition) is 3. The molecule has 0 saturated heterocycles. The molecular weight excluding hydrogens is 440 g/mol. The molecule has 150 valence electrons. The number of rotatable bonds is 6. The van der Waals surface area contributed by atoms with Gasteiger partial charge in [-0.2, -0.15) is 5.26 Å². The van der Waals surface area contributed by atoms with Gasteiger partial charge in [-0.15, -0.1) is 0 Å². The average Bonchev–Trinajstić information content (AvgIpc) is 2.74. The fraction of sp³-hybridized carbons (Fsp3) is 0.120. The second-order valence-corrected chi connectivity index (χ2v) is 7.69. The van der Waals surface area contributed by atoms with E-state index in [9.17, 15) is 10.1 Å². The van der Waals surface area contributed by atoms with Crippen molar-refractivity contribution >= 4 is 33.6 Å². The van der Waals surface area contributed by atoms with Gasteiger partial charge in [-0.1, -0.05) is 58.4 Å². The molecule has 0 fully saturated rings. The number of aryl methyl sites for hydroxylation is 1. The van der Waals surface area contributed by atoms with E-state index in [1.54, 1.807) is 19.3 Å². The van der Waals surface area contributed by atoms with Crippen LogP contribution < -0.4 is 10.1 Å². The second-order valence-electron chi connectivity index (χ2n) is 6.83. The third kappa shape index (κ3) is 5.37. The van der Waals surface area contributed by atoms with Crippen molar-refractivity contribution in [3.8, 4) is 11.8 Å². The van der Waals surface area contributed by atoms with E-state index in [0.29, 0.717) is 17.9 Å². The summed E-state index contributed by atoms with van der Waals surface area (Å²) in [5.74, 6) is 0.259. The summed E-state index contributed by atoms with van der Waals surface area (Å²) < 4.78 is 6.59. The summed E-state index contributed by atoms with van der Waals surface area (Å²) in [5.41, 5.74) is 4.59. The number of carbonyl (C=O) groups excluding carboxylic acids is 1. The van der Waals surface area contributed by atoms with Crippen molar-refractivity contribution < 1.29 is 9.53 Å². The molecule has 5 heteroatoms. The van der Waals surface area contributed by atoms with Gasteiger partial charge in [-0.05, 0) is 59.5 Å². The Labute approximate surface area is 184 Å². The summed E-state index contributed by atoms with van der Waals surface area (Å²) in [5, 5.41) is 12.2. The molecular formula is C25H21BrN2O2. The van der Waals surface area contributed by atoms with Gasteiger partial charge in [-0.3, -0.25) is 4.79 Å². The summed E-state index contributed by atoms with van der Waals surface area (Å²) in [7, 11) is 1.61. The molecule has 30 heavy (non-hydrogen) atoms. The number of nitrogens with one attached hydrogen (secondary N) is 1. The monoisotopic (exact) mass is 460 g/mol. The standard InChI is InChI=1S/C25H21BrN2O2/c1-17-6-5-8-22(12-17)28-25(29)21(16-27)13-18-10-11-20(24(14-18)30-2)15-19-7-3-4-9-23(19)26/h3-14H,15H2,1-2H3,(H,28,29)/b21-13+. The van der Waals surface area contributed by atoms with Gasteiger partial charge >= 0.3 is 0 Å². The van der Waals surface area contributed by atoms with Crippen LogP contribution >= 0.6 is 15.9 Å². The van der Waals surface area contributed by atoms with Crippen LogP contribution in [0.2, 0.25) is 0 Å². The number of halogens is 1. The highest BCUT2D eigenvalue weighted by molar-refractivity contribution is 9.10. The maximum Gasteiger partial charge on any atom is 0.266 e. The van der Waals surface area contributed by atoms with E-state index in [1.807, 2.05) is 67.6 Å². The van der Waals surface area contributed by atoms with E-state index in [4.69, 9.17) is 4.74 Å². The number of methoxy groups -OCH3 is 1. The minimum Gasteiger partial charge on any atom is -0.496 e. The summed E-state index contributed by atoms with van der Waals surface area (Å²) in [6, 6.07) is 23.1. The van der Waals surface area contributed by atoms with Crippen LogP contribution in [0.3, 0.4) is 0 Å². The first-order valence-electron chi connectivity index (χ1n) is 9.40. The molecule has 0 aliphatic heterocycles. The lowest BCUT2D eigenvalue weighted by Gasteiger charge is -2.11. The van der Waals surface area contributed by atoms with Crippen molar-refractivity contribution in [2.24, 2.45) is 0 Å². The quantitative estimate of drug-likeness (QED) is 0.367. The first-order valence-corrected chi connectivity index (χ1v) is 10.2. The molecule has 0 heterocycles. The minimum absolute atomic E-state index is 0.0251. The van der Waals surface area contributed by atoms with Crippen LogP contribution in [0.15, 0.2) is 76.8 Å². The third-order valence-electron chi connectivity index (χ3n) is 4.60. The molecule has 0 aromatic heterocycles. The topological polar surface area (TPSA) is 62.1 Å². The second kappa shape index (κ2) is 9.91. The van der Waals surface area contributed by atoms with E-state index in [0.717, 1.165) is 26.7 Å². The van der Waals surface area contributed by atoms with Crippen molar-refractivity contribution in [2.45, 2.75) is 13.3 Å². The molecule has 0 spiro atoms. The first kappa shape index (κ1) is 21.4. The lowest BCUT2D eigenvalue weighted by atomic mass is 10.0. The molecule has 4 nitrogen and oxygen atoms in total. The Morgan fingerprint density at radius 1 is 1.10 bits per heavy atom. The zero-order valence-corrected chi connectivity index (χ0v) is 18.4. The van der Waals surface area contributed by atoms with Crippen LogP contribution in [0, 0.1) is 18.3 Å². The lowest BCUT2D eigenvalue weighted by molar-refractivity contribution is -0.112. The normalized spacial score (nSPS) is 10.9. The number of carbonyl (C=O) groups is 1. The highest BCUT2D eigenvalue weighted by Crippen LogP contribution is 2.27. The Balaban J connectivity index is 1.83. The maximum absolute atomic E-state index is 12.5. The molecule has 1 amide bonds. The van der Waals surface area contributed by atoms with Crippen LogP contribution in [-0.2, 0) is 11.2 Å². The zero-order valence-electron chi connectivity index (χ0n) is 16.8. The number of benzene rings is 3. The molecule has 0 bridgehead atoms. The van der Waals surface area contributed by atoms with Gasteiger partial charge < -0.3 is 10.1 Å². The molecule has 1 N–H and O–H groups in total. The van der Waals surface area contributed by atoms with E-state index < -0.39 is 5.91 Å². The molecule has 0 atom stereocenters. The van der Waals surface area contributed by atoms with E-state index in [2.05, 4.69) is 27.3 Å².